The lowest BCUT2D eigenvalue weighted by molar-refractivity contribution is 0.442. The molecule has 0 bridgehead atoms. The first kappa shape index (κ1) is 19.5. The molecule has 9 heteroatoms. The fraction of sp³-hybridized carbons (Fsp3) is 0.364. The number of ether oxygens (including phenoxy) is 1. The lowest BCUT2D eigenvalue weighted by Gasteiger charge is -2.12. The Balaban J connectivity index is 1.57. The molecule has 160 valence electrons. The number of halogens is 1. The Hall–Kier alpha value is -3.49. The van der Waals surface area contributed by atoms with Crippen LogP contribution in [0.5, 0.6) is 11.8 Å². The van der Waals surface area contributed by atoms with Gasteiger partial charge in [-0.3, -0.25) is 14.9 Å². The van der Waals surface area contributed by atoms with Crippen molar-refractivity contribution in [1.82, 2.24) is 29.7 Å². The van der Waals surface area contributed by atoms with E-state index in [0.717, 1.165) is 31.6 Å². The molecule has 0 amide bonds. The number of aryl methyl sites for hydroxylation is 1. The largest absolute Gasteiger partial charge is 0.425 e. The number of rotatable bonds is 6. The maximum Gasteiger partial charge on any atom is 0.304 e. The monoisotopic (exact) mass is 422 g/mol. The Morgan fingerprint density at radius 1 is 1.23 bits per heavy atom. The molecule has 8 nitrogen and oxygen atoms in total. The first-order valence-corrected chi connectivity index (χ1v) is 10.6. The van der Waals surface area contributed by atoms with Crippen LogP contribution in [-0.4, -0.2) is 29.7 Å². The van der Waals surface area contributed by atoms with E-state index in [9.17, 15) is 9.18 Å². The minimum absolute atomic E-state index is 0.0176. The molecule has 1 saturated carbocycles. The number of hydrogen-bond donors (Lipinski definition) is 2. The minimum Gasteiger partial charge on any atom is -0.425 e. The second-order valence-corrected chi connectivity index (χ2v) is 7.86. The molecule has 0 aliphatic heterocycles. The number of nitrogens with one attached hydrogen (secondary N) is 2. The summed E-state index contributed by atoms with van der Waals surface area (Å²) >= 11 is 0. The molecular formula is C22H23FN6O2. The summed E-state index contributed by atoms with van der Waals surface area (Å²) in [6.07, 6.45) is 6.99. The molecule has 1 aliphatic carbocycles. The smallest absolute Gasteiger partial charge is 0.304 e. The summed E-state index contributed by atoms with van der Waals surface area (Å²) in [5.41, 5.74) is 1.62. The molecule has 4 aromatic rings. The summed E-state index contributed by atoms with van der Waals surface area (Å²) in [5.74, 6) is 1.23. The van der Waals surface area contributed by atoms with Crippen molar-refractivity contribution in [3.63, 3.8) is 0 Å². The van der Waals surface area contributed by atoms with Gasteiger partial charge in [0.15, 0.2) is 11.2 Å². The molecule has 2 N–H and O–H groups in total. The number of H-pyrrole nitrogens is 2. The molecule has 0 unspecified atom stereocenters. The van der Waals surface area contributed by atoms with Crippen LogP contribution >= 0.6 is 0 Å². The summed E-state index contributed by atoms with van der Waals surface area (Å²) in [4.78, 5) is 24.9. The zero-order valence-electron chi connectivity index (χ0n) is 17.2. The second-order valence-electron chi connectivity index (χ2n) is 7.86. The van der Waals surface area contributed by atoms with E-state index >= 15 is 0 Å². The number of aromatic nitrogens is 6. The van der Waals surface area contributed by atoms with E-state index in [1.165, 1.54) is 31.0 Å². The molecule has 5 rings (SSSR count). The first-order chi connectivity index (χ1) is 15.1. The number of imidazole rings is 1. The van der Waals surface area contributed by atoms with Gasteiger partial charge in [0, 0.05) is 24.2 Å². The molecule has 3 aromatic heterocycles. The average molecular weight is 422 g/mol. The second kappa shape index (κ2) is 7.98. The van der Waals surface area contributed by atoms with Gasteiger partial charge in [0.05, 0.1) is 5.69 Å². The van der Waals surface area contributed by atoms with E-state index in [0.29, 0.717) is 34.1 Å². The molecule has 1 aromatic carbocycles. The van der Waals surface area contributed by atoms with Gasteiger partial charge in [-0.1, -0.05) is 19.8 Å². The summed E-state index contributed by atoms with van der Waals surface area (Å²) in [6, 6.07) is 5.86. The van der Waals surface area contributed by atoms with E-state index in [2.05, 4.69) is 27.1 Å². The molecule has 3 heterocycles. The van der Waals surface area contributed by atoms with Crippen LogP contribution in [0.3, 0.4) is 0 Å². The van der Waals surface area contributed by atoms with Gasteiger partial charge >= 0.3 is 6.01 Å². The van der Waals surface area contributed by atoms with Crippen molar-refractivity contribution in [2.45, 2.75) is 51.5 Å². The summed E-state index contributed by atoms with van der Waals surface area (Å²) in [7, 11) is 0. The standard InChI is InChI=1S/C22H23FN6O2/c1-2-11-29-18-19(25-20(29)13-5-3-4-6-13)26-22(27-21(18)30)31-17-8-7-14(23)12-15(17)16-9-10-24-28-16/h7-10,12-13H,2-6,11H2,1H3,(H,24,28)(H,26,27,30). The zero-order chi connectivity index (χ0) is 21.4. The van der Waals surface area contributed by atoms with Crippen LogP contribution in [0.4, 0.5) is 4.39 Å². The van der Waals surface area contributed by atoms with E-state index in [1.807, 2.05) is 4.57 Å². The normalized spacial score (nSPS) is 14.5. The molecule has 0 radical (unpaired) electrons. The van der Waals surface area contributed by atoms with Crippen LogP contribution in [0.1, 0.15) is 50.8 Å². The number of benzene rings is 1. The van der Waals surface area contributed by atoms with Crippen LogP contribution < -0.4 is 10.3 Å². The maximum atomic E-state index is 13.8. The topological polar surface area (TPSA) is 101 Å². The predicted octanol–water partition coefficient (Wildman–Crippen LogP) is 4.51. The lowest BCUT2D eigenvalue weighted by atomic mass is 10.1. The van der Waals surface area contributed by atoms with Crippen LogP contribution in [0, 0.1) is 5.82 Å². The van der Waals surface area contributed by atoms with Gasteiger partial charge in [-0.05, 0) is 43.5 Å². The van der Waals surface area contributed by atoms with Crippen LogP contribution in [-0.2, 0) is 6.54 Å². The van der Waals surface area contributed by atoms with E-state index < -0.39 is 5.82 Å². The highest BCUT2D eigenvalue weighted by molar-refractivity contribution is 5.71. The fourth-order valence-electron chi connectivity index (χ4n) is 4.35. The number of aromatic amines is 2. The van der Waals surface area contributed by atoms with E-state index in [4.69, 9.17) is 9.72 Å². The van der Waals surface area contributed by atoms with E-state index in [-0.39, 0.29) is 11.6 Å². The number of nitrogens with zero attached hydrogens (tertiary/aromatic N) is 4. The van der Waals surface area contributed by atoms with Gasteiger partial charge in [-0.15, -0.1) is 0 Å². The maximum absolute atomic E-state index is 13.8. The van der Waals surface area contributed by atoms with Crippen molar-refractivity contribution in [2.24, 2.45) is 0 Å². The Morgan fingerprint density at radius 2 is 2.06 bits per heavy atom. The van der Waals surface area contributed by atoms with Crippen molar-refractivity contribution in [3.8, 4) is 23.0 Å². The number of fused-ring (bicyclic) bond motifs is 1. The predicted molar refractivity (Wildman–Crippen MR) is 114 cm³/mol. The fourth-order valence-corrected chi connectivity index (χ4v) is 4.35. The van der Waals surface area contributed by atoms with Gasteiger partial charge < -0.3 is 9.30 Å². The van der Waals surface area contributed by atoms with Crippen molar-refractivity contribution in [3.05, 3.63) is 52.5 Å². The van der Waals surface area contributed by atoms with Crippen LogP contribution in [0.15, 0.2) is 35.3 Å². The Bertz CT molecular complexity index is 1270. The molecule has 31 heavy (non-hydrogen) atoms. The van der Waals surface area contributed by atoms with Crippen molar-refractivity contribution in [2.75, 3.05) is 0 Å². The Labute approximate surface area is 177 Å². The summed E-state index contributed by atoms with van der Waals surface area (Å²) < 4.78 is 21.7. The highest BCUT2D eigenvalue weighted by Crippen LogP contribution is 2.35. The molecule has 0 atom stereocenters. The lowest BCUT2D eigenvalue weighted by Crippen LogP contribution is -2.15. The SMILES string of the molecule is CCCn1c(C2CCCC2)nc2nc(Oc3ccc(F)cc3-c3ccn[nH]3)[nH]c(=O)c21. The van der Waals surface area contributed by atoms with E-state index in [1.54, 1.807) is 12.3 Å². The molecular weight excluding hydrogens is 399 g/mol. The summed E-state index contributed by atoms with van der Waals surface area (Å²) in [6.45, 7) is 2.80. The zero-order valence-corrected chi connectivity index (χ0v) is 17.2. The van der Waals surface area contributed by atoms with Crippen molar-refractivity contribution < 1.29 is 9.13 Å². The van der Waals surface area contributed by atoms with Gasteiger partial charge in [0.25, 0.3) is 5.56 Å². The van der Waals surface area contributed by atoms with Crippen LogP contribution in [0.2, 0.25) is 0 Å². The molecule has 1 aliphatic rings. The Morgan fingerprint density at radius 3 is 2.81 bits per heavy atom. The summed E-state index contributed by atoms with van der Waals surface area (Å²) in [5, 5.41) is 6.71. The third kappa shape index (κ3) is 3.60. The van der Waals surface area contributed by atoms with Gasteiger partial charge in [0.2, 0.25) is 0 Å². The number of hydrogen-bond acceptors (Lipinski definition) is 5. The van der Waals surface area contributed by atoms with Crippen molar-refractivity contribution in [1.29, 1.82) is 0 Å². The third-order valence-corrected chi connectivity index (χ3v) is 5.73. The highest BCUT2D eigenvalue weighted by atomic mass is 19.1. The Kier molecular flexibility index (Phi) is 5.01. The minimum atomic E-state index is -0.409. The molecule has 0 saturated heterocycles. The van der Waals surface area contributed by atoms with Gasteiger partial charge in [-0.2, -0.15) is 10.1 Å². The quantitative estimate of drug-likeness (QED) is 0.476. The highest BCUT2D eigenvalue weighted by Gasteiger charge is 2.25. The molecule has 1 fully saturated rings. The van der Waals surface area contributed by atoms with Gasteiger partial charge in [0.1, 0.15) is 17.4 Å². The van der Waals surface area contributed by atoms with Crippen molar-refractivity contribution >= 4 is 11.2 Å². The molecule has 0 spiro atoms. The average Bonchev–Trinajstić information content (AvgIpc) is 3.51. The van der Waals surface area contributed by atoms with Gasteiger partial charge in [-0.25, -0.2) is 9.37 Å². The third-order valence-electron chi connectivity index (χ3n) is 5.73. The first-order valence-electron chi connectivity index (χ1n) is 10.6. The van der Waals surface area contributed by atoms with Crippen LogP contribution in [0.25, 0.3) is 22.4 Å².